The maximum atomic E-state index is 12.9. The molecule has 2 amide bonds. The molecule has 6 nitrogen and oxygen atoms in total. The Kier molecular flexibility index (Phi) is 8.77. The van der Waals surface area contributed by atoms with E-state index >= 15 is 0 Å². The largest absolute Gasteiger partial charge is 0.372 e. The van der Waals surface area contributed by atoms with Crippen molar-refractivity contribution in [3.8, 4) is 0 Å². The van der Waals surface area contributed by atoms with Crippen LogP contribution >= 0.6 is 0 Å². The van der Waals surface area contributed by atoms with Crippen molar-refractivity contribution in [2.75, 3.05) is 24.5 Å². The molecule has 0 unspecified atom stereocenters. The topological polar surface area (TPSA) is 73.8 Å². The van der Waals surface area contributed by atoms with E-state index in [1.807, 2.05) is 84.9 Å². The maximum absolute atomic E-state index is 12.9. The van der Waals surface area contributed by atoms with Gasteiger partial charge in [0.1, 0.15) is 0 Å². The van der Waals surface area contributed by atoms with Crippen LogP contribution in [-0.2, 0) is 9.59 Å². The number of carbonyl (C=O) groups excluding carboxylic acids is 2. The first-order valence-electron chi connectivity index (χ1n) is 11.2. The van der Waals surface area contributed by atoms with Crippen LogP contribution in [0, 0.1) is 0 Å². The van der Waals surface area contributed by atoms with Crippen molar-refractivity contribution in [3.63, 3.8) is 0 Å². The average Bonchev–Trinajstić information content (AvgIpc) is 2.86. The molecular weight excluding hydrogens is 412 g/mol. The van der Waals surface area contributed by atoms with Gasteiger partial charge in [-0.1, -0.05) is 72.8 Å². The van der Waals surface area contributed by atoms with Gasteiger partial charge in [0.2, 0.25) is 5.91 Å². The lowest BCUT2D eigenvalue weighted by atomic mass is 9.90. The van der Waals surface area contributed by atoms with Crippen molar-refractivity contribution in [2.45, 2.75) is 19.8 Å². The van der Waals surface area contributed by atoms with Gasteiger partial charge < -0.3 is 10.2 Å². The number of carbonyl (C=O) groups is 2. The van der Waals surface area contributed by atoms with Crippen molar-refractivity contribution in [2.24, 2.45) is 5.10 Å². The minimum absolute atomic E-state index is 0.159. The molecule has 0 atom stereocenters. The minimum Gasteiger partial charge on any atom is -0.372 e. The first kappa shape index (κ1) is 23.7. The van der Waals surface area contributed by atoms with Crippen LogP contribution < -0.4 is 15.6 Å². The van der Waals surface area contributed by atoms with Gasteiger partial charge in [-0.15, -0.1) is 0 Å². The molecule has 0 spiro atoms. The Morgan fingerprint density at radius 3 is 1.91 bits per heavy atom. The van der Waals surface area contributed by atoms with Crippen LogP contribution in [0.15, 0.2) is 90.0 Å². The number of hydrogen-bond donors (Lipinski definition) is 2. The third-order valence-corrected chi connectivity index (χ3v) is 5.38. The molecule has 3 aromatic carbocycles. The molecule has 0 fully saturated rings. The van der Waals surface area contributed by atoms with Gasteiger partial charge in [0.25, 0.3) is 5.91 Å². The summed E-state index contributed by atoms with van der Waals surface area (Å²) in [4.78, 5) is 27.4. The molecule has 0 aliphatic carbocycles. The lowest BCUT2D eigenvalue weighted by Crippen LogP contribution is -2.37. The summed E-state index contributed by atoms with van der Waals surface area (Å²) in [5.74, 6) is -1.12. The lowest BCUT2D eigenvalue weighted by Gasteiger charge is -2.20. The van der Waals surface area contributed by atoms with Gasteiger partial charge in [-0.05, 0) is 42.7 Å². The fraction of sp³-hybridized carbons (Fsp3) is 0.222. The number of hydrogen-bond acceptors (Lipinski definition) is 4. The zero-order valence-corrected chi connectivity index (χ0v) is 19.1. The number of anilines is 1. The van der Waals surface area contributed by atoms with E-state index in [0.717, 1.165) is 35.5 Å². The molecule has 0 aliphatic rings. The summed E-state index contributed by atoms with van der Waals surface area (Å²) < 4.78 is 0. The summed E-state index contributed by atoms with van der Waals surface area (Å²) in [7, 11) is 0. The van der Waals surface area contributed by atoms with Crippen molar-refractivity contribution in [1.82, 2.24) is 10.7 Å². The summed E-state index contributed by atoms with van der Waals surface area (Å²) in [5.41, 5.74) is 6.23. The normalized spacial score (nSPS) is 10.9. The highest BCUT2D eigenvalue weighted by Crippen LogP contribution is 2.24. The van der Waals surface area contributed by atoms with Crippen LogP contribution in [0.4, 0.5) is 5.69 Å². The fourth-order valence-corrected chi connectivity index (χ4v) is 3.63. The van der Waals surface area contributed by atoms with Gasteiger partial charge in [0.15, 0.2) is 0 Å². The molecule has 0 saturated carbocycles. The van der Waals surface area contributed by atoms with Gasteiger partial charge in [-0.3, -0.25) is 9.59 Å². The zero-order chi connectivity index (χ0) is 23.5. The molecule has 3 aromatic rings. The van der Waals surface area contributed by atoms with Crippen molar-refractivity contribution < 1.29 is 9.59 Å². The maximum Gasteiger partial charge on any atom is 0.259 e. The van der Waals surface area contributed by atoms with E-state index in [1.165, 1.54) is 0 Å². The van der Waals surface area contributed by atoms with Crippen molar-refractivity contribution >= 4 is 23.7 Å². The van der Waals surface area contributed by atoms with Crippen LogP contribution in [0.25, 0.3) is 0 Å². The van der Waals surface area contributed by atoms with E-state index in [1.54, 1.807) is 6.21 Å². The third-order valence-electron chi connectivity index (χ3n) is 5.38. The number of nitrogens with one attached hydrogen (secondary N) is 2. The lowest BCUT2D eigenvalue weighted by molar-refractivity contribution is -0.126. The Morgan fingerprint density at radius 2 is 1.39 bits per heavy atom. The minimum atomic E-state index is -0.493. The molecule has 0 saturated heterocycles. The highest BCUT2D eigenvalue weighted by Gasteiger charge is 2.22. The SMILES string of the molecule is CCN(CC)c1ccc(/C=N/NC(=O)CNC(=O)C(c2ccccc2)c2ccccc2)cc1. The Hall–Kier alpha value is -3.93. The number of hydrazone groups is 1. The molecule has 2 N–H and O–H groups in total. The van der Waals surface area contributed by atoms with Crippen molar-refractivity contribution in [1.29, 1.82) is 0 Å². The van der Waals surface area contributed by atoms with Gasteiger partial charge in [0.05, 0.1) is 18.7 Å². The van der Waals surface area contributed by atoms with Gasteiger partial charge in [-0.2, -0.15) is 5.10 Å². The smallest absolute Gasteiger partial charge is 0.259 e. The number of amides is 2. The Bertz CT molecular complexity index is 1010. The summed E-state index contributed by atoms with van der Waals surface area (Å²) in [5, 5.41) is 6.74. The summed E-state index contributed by atoms with van der Waals surface area (Å²) >= 11 is 0. The molecule has 0 heterocycles. The number of rotatable bonds is 10. The second-order valence-corrected chi connectivity index (χ2v) is 7.53. The van der Waals surface area contributed by atoms with E-state index in [4.69, 9.17) is 0 Å². The average molecular weight is 443 g/mol. The molecule has 0 bridgehead atoms. The van der Waals surface area contributed by atoms with Gasteiger partial charge in [-0.25, -0.2) is 5.43 Å². The third kappa shape index (κ3) is 6.77. The summed E-state index contributed by atoms with van der Waals surface area (Å²) in [6.07, 6.45) is 1.59. The molecular formula is C27H30N4O2. The molecule has 0 aliphatic heterocycles. The van der Waals surface area contributed by atoms with Crippen LogP contribution in [0.1, 0.15) is 36.5 Å². The Morgan fingerprint density at radius 1 is 0.848 bits per heavy atom. The van der Waals surface area contributed by atoms with Gasteiger partial charge in [0, 0.05) is 18.8 Å². The van der Waals surface area contributed by atoms with Crippen LogP contribution in [0.2, 0.25) is 0 Å². The second-order valence-electron chi connectivity index (χ2n) is 7.53. The Balaban J connectivity index is 1.55. The van der Waals surface area contributed by atoms with Crippen LogP contribution in [-0.4, -0.2) is 37.7 Å². The first-order valence-corrected chi connectivity index (χ1v) is 11.2. The van der Waals surface area contributed by atoms with Crippen LogP contribution in [0.5, 0.6) is 0 Å². The number of nitrogens with zero attached hydrogens (tertiary/aromatic N) is 2. The first-order chi connectivity index (χ1) is 16.1. The molecule has 0 radical (unpaired) electrons. The highest BCUT2D eigenvalue weighted by atomic mass is 16.2. The van der Waals surface area contributed by atoms with E-state index in [2.05, 4.69) is 34.6 Å². The zero-order valence-electron chi connectivity index (χ0n) is 19.1. The van der Waals surface area contributed by atoms with Crippen LogP contribution in [0.3, 0.4) is 0 Å². The fourth-order valence-electron chi connectivity index (χ4n) is 3.63. The summed E-state index contributed by atoms with van der Waals surface area (Å²) in [6.45, 7) is 5.97. The Labute approximate surface area is 195 Å². The molecule has 6 heteroatoms. The molecule has 33 heavy (non-hydrogen) atoms. The van der Waals surface area contributed by atoms with E-state index < -0.39 is 5.92 Å². The molecule has 0 aromatic heterocycles. The monoisotopic (exact) mass is 442 g/mol. The van der Waals surface area contributed by atoms with E-state index in [9.17, 15) is 9.59 Å². The predicted octanol–water partition coefficient (Wildman–Crippen LogP) is 3.93. The van der Waals surface area contributed by atoms with Gasteiger partial charge >= 0.3 is 0 Å². The van der Waals surface area contributed by atoms with Crippen molar-refractivity contribution in [3.05, 3.63) is 102 Å². The van der Waals surface area contributed by atoms with E-state index in [0.29, 0.717) is 0 Å². The van der Waals surface area contributed by atoms with E-state index in [-0.39, 0.29) is 18.4 Å². The highest BCUT2D eigenvalue weighted by molar-refractivity contribution is 5.91. The quantitative estimate of drug-likeness (QED) is 0.369. The second kappa shape index (κ2) is 12.2. The standard InChI is InChI=1S/C27H30N4O2/c1-3-31(4-2)24-17-15-21(16-18-24)19-29-30-25(32)20-28-27(33)26(22-11-7-5-8-12-22)23-13-9-6-10-14-23/h5-19,26H,3-4,20H2,1-2H3,(H,28,33)(H,30,32)/b29-19+. The molecule has 170 valence electrons. The number of benzene rings is 3. The molecule has 3 rings (SSSR count). The predicted molar refractivity (Wildman–Crippen MR) is 133 cm³/mol. The summed E-state index contributed by atoms with van der Waals surface area (Å²) in [6, 6.07) is 27.0.